The lowest BCUT2D eigenvalue weighted by molar-refractivity contribution is -0.132. The number of carbonyl (C=O) groups excluding carboxylic acids is 1. The Labute approximate surface area is 122 Å². The molecule has 0 bridgehead atoms. The minimum atomic E-state index is 0.138. The molecule has 2 aromatic heterocycles. The highest BCUT2D eigenvalue weighted by Crippen LogP contribution is 2.30. The van der Waals surface area contributed by atoms with E-state index in [2.05, 4.69) is 21.4 Å². The molecule has 0 saturated carbocycles. The van der Waals surface area contributed by atoms with Crippen molar-refractivity contribution in [3.63, 3.8) is 0 Å². The summed E-state index contributed by atoms with van der Waals surface area (Å²) in [5.74, 6) is 1.18. The van der Waals surface area contributed by atoms with Crippen LogP contribution in [-0.4, -0.2) is 27.3 Å². The van der Waals surface area contributed by atoms with Gasteiger partial charge < -0.3 is 9.88 Å². The summed E-state index contributed by atoms with van der Waals surface area (Å²) in [5, 5.41) is 2.06. The van der Waals surface area contributed by atoms with E-state index >= 15 is 0 Å². The molecular formula is C15H19N3OS. The van der Waals surface area contributed by atoms with Gasteiger partial charge in [-0.1, -0.05) is 6.07 Å². The third-order valence-corrected chi connectivity index (χ3v) is 4.71. The molecule has 1 N–H and O–H groups in total. The first-order valence-electron chi connectivity index (χ1n) is 7.07. The average Bonchev–Trinajstić information content (AvgIpc) is 3.16. The predicted molar refractivity (Wildman–Crippen MR) is 79.7 cm³/mol. The van der Waals surface area contributed by atoms with Crippen molar-refractivity contribution in [1.82, 2.24) is 14.9 Å². The fraction of sp³-hybridized carbons (Fsp3) is 0.467. The Morgan fingerprint density at radius 1 is 1.60 bits per heavy atom. The molecule has 0 aromatic carbocycles. The van der Waals surface area contributed by atoms with Crippen molar-refractivity contribution in [3.8, 4) is 0 Å². The van der Waals surface area contributed by atoms with Gasteiger partial charge in [-0.3, -0.25) is 4.79 Å². The van der Waals surface area contributed by atoms with Crippen LogP contribution in [0.2, 0.25) is 0 Å². The van der Waals surface area contributed by atoms with E-state index < -0.39 is 0 Å². The Kier molecular flexibility index (Phi) is 3.87. The van der Waals surface area contributed by atoms with Crippen LogP contribution in [0.15, 0.2) is 23.7 Å². The van der Waals surface area contributed by atoms with E-state index in [0.717, 1.165) is 37.3 Å². The molecule has 3 heterocycles. The summed E-state index contributed by atoms with van der Waals surface area (Å²) in [5.41, 5.74) is 1.05. The first-order valence-corrected chi connectivity index (χ1v) is 7.95. The molecule has 1 aliphatic rings. The van der Waals surface area contributed by atoms with Crippen molar-refractivity contribution in [1.29, 1.82) is 0 Å². The first-order chi connectivity index (χ1) is 9.74. The summed E-state index contributed by atoms with van der Waals surface area (Å²) in [6.45, 7) is 2.85. The second kappa shape index (κ2) is 5.79. The number of hydrogen-bond donors (Lipinski definition) is 1. The van der Waals surface area contributed by atoms with Crippen molar-refractivity contribution in [2.75, 3.05) is 6.54 Å². The van der Waals surface area contributed by atoms with Crippen LogP contribution in [0.3, 0.4) is 0 Å². The summed E-state index contributed by atoms with van der Waals surface area (Å²) in [6, 6.07) is 4.27. The molecule has 0 unspecified atom stereocenters. The first kappa shape index (κ1) is 13.4. The molecule has 1 amide bonds. The lowest BCUT2D eigenvalue weighted by Gasteiger charge is -2.23. The van der Waals surface area contributed by atoms with E-state index in [1.54, 1.807) is 11.3 Å². The number of thiophene rings is 1. The summed E-state index contributed by atoms with van der Waals surface area (Å²) in [7, 11) is 0. The van der Waals surface area contributed by atoms with E-state index in [-0.39, 0.29) is 11.9 Å². The maximum absolute atomic E-state index is 12.4. The number of aromatic nitrogens is 2. The van der Waals surface area contributed by atoms with Gasteiger partial charge in [0.15, 0.2) is 0 Å². The minimum Gasteiger partial charge on any atom is -0.344 e. The molecule has 1 fully saturated rings. The zero-order valence-electron chi connectivity index (χ0n) is 11.6. The maximum atomic E-state index is 12.4. The smallest absolute Gasteiger partial charge is 0.223 e. The molecule has 0 spiro atoms. The lowest BCUT2D eigenvalue weighted by atomic mass is 10.2. The number of likely N-dealkylation sites (tertiary alicyclic amines) is 1. The average molecular weight is 289 g/mol. The van der Waals surface area contributed by atoms with Crippen LogP contribution >= 0.6 is 11.3 Å². The topological polar surface area (TPSA) is 49.0 Å². The SMILES string of the molecule is Cc1cnc([C@@H]2CCCN2C(=O)CCc2cccs2)[nH]1. The quantitative estimate of drug-likeness (QED) is 0.940. The van der Waals surface area contributed by atoms with Crippen LogP contribution in [0, 0.1) is 6.92 Å². The van der Waals surface area contributed by atoms with Crippen LogP contribution in [0.4, 0.5) is 0 Å². The van der Waals surface area contributed by atoms with E-state index in [1.807, 2.05) is 24.1 Å². The number of aryl methyl sites for hydroxylation is 2. The van der Waals surface area contributed by atoms with Crippen molar-refractivity contribution in [2.24, 2.45) is 0 Å². The largest absolute Gasteiger partial charge is 0.344 e. The molecule has 20 heavy (non-hydrogen) atoms. The van der Waals surface area contributed by atoms with Gasteiger partial charge in [0.1, 0.15) is 5.82 Å². The van der Waals surface area contributed by atoms with Crippen LogP contribution in [-0.2, 0) is 11.2 Å². The Morgan fingerprint density at radius 2 is 2.50 bits per heavy atom. The Balaban J connectivity index is 1.64. The van der Waals surface area contributed by atoms with Crippen molar-refractivity contribution < 1.29 is 4.79 Å². The van der Waals surface area contributed by atoms with Crippen LogP contribution in [0.5, 0.6) is 0 Å². The van der Waals surface area contributed by atoms with Gasteiger partial charge in [0, 0.05) is 29.7 Å². The van der Waals surface area contributed by atoms with Gasteiger partial charge in [0.25, 0.3) is 0 Å². The van der Waals surface area contributed by atoms with Crippen molar-refractivity contribution >= 4 is 17.2 Å². The minimum absolute atomic E-state index is 0.138. The number of aromatic amines is 1. The summed E-state index contributed by atoms with van der Waals surface area (Å²) < 4.78 is 0. The number of H-pyrrole nitrogens is 1. The highest BCUT2D eigenvalue weighted by Gasteiger charge is 2.31. The highest BCUT2D eigenvalue weighted by molar-refractivity contribution is 7.09. The zero-order valence-corrected chi connectivity index (χ0v) is 12.4. The number of hydrogen-bond acceptors (Lipinski definition) is 3. The monoisotopic (exact) mass is 289 g/mol. The van der Waals surface area contributed by atoms with Crippen molar-refractivity contribution in [3.05, 3.63) is 40.1 Å². The second-order valence-electron chi connectivity index (χ2n) is 5.28. The molecule has 1 aliphatic heterocycles. The summed E-state index contributed by atoms with van der Waals surface area (Å²) >= 11 is 1.72. The molecule has 0 aliphatic carbocycles. The molecule has 3 rings (SSSR count). The highest BCUT2D eigenvalue weighted by atomic mass is 32.1. The maximum Gasteiger partial charge on any atom is 0.223 e. The normalized spacial score (nSPS) is 18.6. The molecule has 0 radical (unpaired) electrons. The number of nitrogens with zero attached hydrogens (tertiary/aromatic N) is 2. The van der Waals surface area contributed by atoms with Crippen LogP contribution < -0.4 is 0 Å². The predicted octanol–water partition coefficient (Wildman–Crippen LogP) is 3.08. The lowest BCUT2D eigenvalue weighted by Crippen LogP contribution is -2.31. The molecule has 106 valence electrons. The van der Waals surface area contributed by atoms with E-state index in [0.29, 0.717) is 6.42 Å². The van der Waals surface area contributed by atoms with Gasteiger partial charge in [-0.15, -0.1) is 11.3 Å². The van der Waals surface area contributed by atoms with E-state index in [4.69, 9.17) is 0 Å². The Morgan fingerprint density at radius 3 is 3.20 bits per heavy atom. The van der Waals surface area contributed by atoms with E-state index in [1.165, 1.54) is 4.88 Å². The molecule has 1 atom stereocenters. The fourth-order valence-electron chi connectivity index (χ4n) is 2.78. The van der Waals surface area contributed by atoms with Gasteiger partial charge in [0.05, 0.1) is 6.04 Å². The van der Waals surface area contributed by atoms with Crippen LogP contribution in [0.25, 0.3) is 0 Å². The number of carbonyl (C=O) groups is 1. The number of imidazole rings is 1. The molecule has 4 nitrogen and oxygen atoms in total. The third-order valence-electron chi connectivity index (χ3n) is 3.78. The van der Waals surface area contributed by atoms with Gasteiger partial charge in [-0.25, -0.2) is 4.98 Å². The second-order valence-corrected chi connectivity index (χ2v) is 6.31. The summed E-state index contributed by atoms with van der Waals surface area (Å²) in [6.07, 6.45) is 5.35. The molecule has 1 saturated heterocycles. The summed E-state index contributed by atoms with van der Waals surface area (Å²) in [4.78, 5) is 23.4. The standard InChI is InChI=1S/C15H19N3OS/c1-11-10-16-15(17-11)13-5-2-8-18(13)14(19)7-6-12-4-3-9-20-12/h3-4,9-10,13H,2,5-8H2,1H3,(H,16,17)/t13-/m0/s1. The Bertz CT molecular complexity index is 576. The molecule has 2 aromatic rings. The van der Waals surface area contributed by atoms with Gasteiger partial charge >= 0.3 is 0 Å². The molecular weight excluding hydrogens is 270 g/mol. The van der Waals surface area contributed by atoms with Gasteiger partial charge in [0.2, 0.25) is 5.91 Å². The fourth-order valence-corrected chi connectivity index (χ4v) is 3.49. The van der Waals surface area contributed by atoms with E-state index in [9.17, 15) is 4.79 Å². The number of amides is 1. The zero-order chi connectivity index (χ0) is 13.9. The third kappa shape index (κ3) is 2.77. The number of nitrogens with one attached hydrogen (secondary N) is 1. The van der Waals surface area contributed by atoms with Crippen LogP contribution in [0.1, 0.15) is 41.7 Å². The van der Waals surface area contributed by atoms with Gasteiger partial charge in [-0.05, 0) is 37.6 Å². The van der Waals surface area contributed by atoms with Gasteiger partial charge in [-0.2, -0.15) is 0 Å². The Hall–Kier alpha value is -1.62. The number of rotatable bonds is 4. The van der Waals surface area contributed by atoms with Crippen molar-refractivity contribution in [2.45, 2.75) is 38.6 Å². The molecule has 5 heteroatoms.